The van der Waals surface area contributed by atoms with Gasteiger partial charge < -0.3 is 4.74 Å². The Kier molecular flexibility index (Phi) is 4.75. The molecule has 1 fully saturated rings. The molecule has 0 aromatic carbocycles. The standard InChI is InChI=1S/C16H11F3N2O2S2/c1-8-5-13(15(22)23-8)25-14-9(7-20)10(16(17,18)19)6-11(21-14)12-3-2-4-24-12/h2-4,6,8,13H,5H2,1H3/t8-,13+/m0/s1. The topological polar surface area (TPSA) is 63.0 Å². The van der Waals surface area contributed by atoms with Crippen LogP contribution in [0.25, 0.3) is 10.6 Å². The second kappa shape index (κ2) is 6.69. The fraction of sp³-hybridized carbons (Fsp3) is 0.312. The van der Waals surface area contributed by atoms with Crippen LogP contribution in [0.15, 0.2) is 28.6 Å². The van der Waals surface area contributed by atoms with Crippen LogP contribution in [0.2, 0.25) is 0 Å². The van der Waals surface area contributed by atoms with Crippen molar-refractivity contribution < 1.29 is 22.7 Å². The number of nitriles is 1. The molecule has 0 aliphatic carbocycles. The largest absolute Gasteiger partial charge is 0.462 e. The van der Waals surface area contributed by atoms with Gasteiger partial charge in [-0.1, -0.05) is 17.8 Å². The van der Waals surface area contributed by atoms with E-state index in [0.29, 0.717) is 11.3 Å². The fourth-order valence-electron chi connectivity index (χ4n) is 2.44. The molecule has 25 heavy (non-hydrogen) atoms. The predicted octanol–water partition coefficient (Wildman–Crippen LogP) is 4.50. The molecule has 1 aliphatic heterocycles. The summed E-state index contributed by atoms with van der Waals surface area (Å²) < 4.78 is 45.3. The monoisotopic (exact) mass is 384 g/mol. The van der Waals surface area contributed by atoms with Gasteiger partial charge in [0.25, 0.3) is 0 Å². The molecular formula is C16H11F3N2O2S2. The third kappa shape index (κ3) is 3.65. The number of hydrogen-bond acceptors (Lipinski definition) is 6. The molecule has 2 atom stereocenters. The van der Waals surface area contributed by atoms with Gasteiger partial charge in [-0.05, 0) is 24.4 Å². The summed E-state index contributed by atoms with van der Waals surface area (Å²) in [4.78, 5) is 16.6. The first kappa shape index (κ1) is 17.8. The first-order chi connectivity index (χ1) is 11.8. The van der Waals surface area contributed by atoms with Gasteiger partial charge in [0, 0.05) is 6.42 Å². The number of esters is 1. The van der Waals surface area contributed by atoms with Crippen molar-refractivity contribution in [2.24, 2.45) is 0 Å². The summed E-state index contributed by atoms with van der Waals surface area (Å²) in [5, 5.41) is 10.2. The number of alkyl halides is 3. The first-order valence-electron chi connectivity index (χ1n) is 7.23. The van der Waals surface area contributed by atoms with Gasteiger partial charge in [-0.25, -0.2) is 4.98 Å². The lowest BCUT2D eigenvalue weighted by Crippen LogP contribution is -2.13. The maximum Gasteiger partial charge on any atom is 0.417 e. The van der Waals surface area contributed by atoms with E-state index in [1.54, 1.807) is 30.5 Å². The van der Waals surface area contributed by atoms with Crippen LogP contribution in [0.4, 0.5) is 13.2 Å². The van der Waals surface area contributed by atoms with E-state index in [9.17, 15) is 23.2 Å². The second-order valence-corrected chi connectivity index (χ2v) is 7.55. The number of carbonyl (C=O) groups is 1. The number of carbonyl (C=O) groups excluding carboxylic acids is 1. The van der Waals surface area contributed by atoms with Crippen LogP contribution in [0.1, 0.15) is 24.5 Å². The molecular weight excluding hydrogens is 373 g/mol. The van der Waals surface area contributed by atoms with Crippen molar-refractivity contribution in [1.29, 1.82) is 5.26 Å². The summed E-state index contributed by atoms with van der Waals surface area (Å²) >= 11 is 2.10. The molecule has 0 radical (unpaired) electrons. The van der Waals surface area contributed by atoms with Crippen molar-refractivity contribution in [3.05, 3.63) is 34.7 Å². The van der Waals surface area contributed by atoms with E-state index >= 15 is 0 Å². The van der Waals surface area contributed by atoms with Gasteiger partial charge >= 0.3 is 12.1 Å². The number of ether oxygens (including phenoxy) is 1. The van der Waals surface area contributed by atoms with Gasteiger partial charge in [0.1, 0.15) is 22.4 Å². The molecule has 130 valence electrons. The zero-order valence-electron chi connectivity index (χ0n) is 12.8. The van der Waals surface area contributed by atoms with Crippen molar-refractivity contribution in [2.45, 2.75) is 35.9 Å². The van der Waals surface area contributed by atoms with Crippen LogP contribution in [0, 0.1) is 11.3 Å². The molecule has 2 aromatic rings. The predicted molar refractivity (Wildman–Crippen MR) is 87.1 cm³/mol. The quantitative estimate of drug-likeness (QED) is 0.730. The van der Waals surface area contributed by atoms with Crippen LogP contribution < -0.4 is 0 Å². The first-order valence-corrected chi connectivity index (χ1v) is 8.99. The lowest BCUT2D eigenvalue weighted by atomic mass is 10.1. The number of nitrogens with zero attached hydrogens (tertiary/aromatic N) is 2. The van der Waals surface area contributed by atoms with E-state index in [1.165, 1.54) is 11.3 Å². The molecule has 0 bridgehead atoms. The third-order valence-electron chi connectivity index (χ3n) is 3.56. The number of hydrogen-bond donors (Lipinski definition) is 0. The molecule has 9 heteroatoms. The minimum absolute atomic E-state index is 0.100. The molecule has 4 nitrogen and oxygen atoms in total. The van der Waals surface area contributed by atoms with Gasteiger partial charge in [0.2, 0.25) is 0 Å². The summed E-state index contributed by atoms with van der Waals surface area (Å²) in [6, 6.07) is 5.83. The van der Waals surface area contributed by atoms with Crippen molar-refractivity contribution >= 4 is 29.1 Å². The van der Waals surface area contributed by atoms with Crippen molar-refractivity contribution in [1.82, 2.24) is 4.98 Å². The molecule has 3 rings (SSSR count). The number of halogens is 3. The molecule has 1 saturated heterocycles. The zero-order valence-corrected chi connectivity index (χ0v) is 14.5. The number of rotatable bonds is 3. The van der Waals surface area contributed by atoms with Crippen molar-refractivity contribution in [2.75, 3.05) is 0 Å². The third-order valence-corrected chi connectivity index (χ3v) is 5.64. The smallest absolute Gasteiger partial charge is 0.417 e. The maximum absolute atomic E-state index is 13.4. The lowest BCUT2D eigenvalue weighted by molar-refractivity contribution is -0.140. The number of pyridine rings is 1. The fourth-order valence-corrected chi connectivity index (χ4v) is 4.34. The maximum atomic E-state index is 13.4. The lowest BCUT2D eigenvalue weighted by Gasteiger charge is -2.14. The average Bonchev–Trinajstić information content (AvgIpc) is 3.16. The summed E-state index contributed by atoms with van der Waals surface area (Å²) in [7, 11) is 0. The van der Waals surface area contributed by atoms with Gasteiger partial charge in [-0.3, -0.25) is 4.79 Å². The van der Waals surface area contributed by atoms with E-state index in [1.807, 2.05) is 0 Å². The SMILES string of the molecule is C[C@H]1C[C@@H](Sc2nc(-c3cccs3)cc(C(F)(F)F)c2C#N)C(=O)O1. The molecule has 1 aliphatic rings. The van der Waals surface area contributed by atoms with Gasteiger partial charge in [-0.15, -0.1) is 11.3 Å². The Morgan fingerprint density at radius 2 is 2.24 bits per heavy atom. The van der Waals surface area contributed by atoms with E-state index < -0.39 is 28.5 Å². The molecule has 2 aromatic heterocycles. The van der Waals surface area contributed by atoms with E-state index in [2.05, 4.69) is 4.98 Å². The summed E-state index contributed by atoms with van der Waals surface area (Å²) in [6.07, 6.45) is -4.64. The van der Waals surface area contributed by atoms with Crippen LogP contribution in [-0.2, 0) is 15.7 Å². The molecule has 0 amide bonds. The summed E-state index contributed by atoms with van der Waals surface area (Å²) in [5.41, 5.74) is -1.48. The Labute approximate surface area is 149 Å². The van der Waals surface area contributed by atoms with E-state index in [4.69, 9.17) is 4.74 Å². The molecule has 0 unspecified atom stereocenters. The van der Waals surface area contributed by atoms with E-state index in [0.717, 1.165) is 17.8 Å². The molecule has 0 N–H and O–H groups in total. The van der Waals surface area contributed by atoms with Crippen LogP contribution in [0.5, 0.6) is 0 Å². The van der Waals surface area contributed by atoms with Gasteiger partial charge in [0.15, 0.2) is 0 Å². The summed E-state index contributed by atoms with van der Waals surface area (Å²) in [6.45, 7) is 1.71. The number of thiophene rings is 1. The number of aromatic nitrogens is 1. The van der Waals surface area contributed by atoms with Gasteiger partial charge in [-0.2, -0.15) is 18.4 Å². The highest BCUT2D eigenvalue weighted by molar-refractivity contribution is 8.00. The number of cyclic esters (lactones) is 1. The van der Waals surface area contributed by atoms with Crippen molar-refractivity contribution in [3.8, 4) is 16.6 Å². The minimum atomic E-state index is -4.70. The molecule has 0 spiro atoms. The zero-order chi connectivity index (χ0) is 18.2. The highest BCUT2D eigenvalue weighted by atomic mass is 32.2. The Bertz CT molecular complexity index is 844. The molecule has 3 heterocycles. The highest BCUT2D eigenvalue weighted by Crippen LogP contribution is 2.41. The average molecular weight is 384 g/mol. The van der Waals surface area contributed by atoms with Crippen LogP contribution in [-0.4, -0.2) is 22.3 Å². The highest BCUT2D eigenvalue weighted by Gasteiger charge is 2.38. The normalized spacial score (nSPS) is 20.4. The van der Waals surface area contributed by atoms with Crippen molar-refractivity contribution in [3.63, 3.8) is 0 Å². The Morgan fingerprint density at radius 1 is 1.48 bits per heavy atom. The Morgan fingerprint density at radius 3 is 2.76 bits per heavy atom. The van der Waals surface area contributed by atoms with E-state index in [-0.39, 0.29) is 16.8 Å². The van der Waals surface area contributed by atoms with Crippen LogP contribution in [0.3, 0.4) is 0 Å². The Balaban J connectivity index is 2.10. The van der Waals surface area contributed by atoms with Crippen LogP contribution >= 0.6 is 23.1 Å². The van der Waals surface area contributed by atoms with Gasteiger partial charge in [0.05, 0.1) is 21.7 Å². The Hall–Kier alpha value is -2.05. The summed E-state index contributed by atoms with van der Waals surface area (Å²) in [5.74, 6) is -0.502. The molecule has 0 saturated carbocycles. The minimum Gasteiger partial charge on any atom is -0.462 e. The number of thioether (sulfide) groups is 1. The second-order valence-electron chi connectivity index (χ2n) is 5.41.